The lowest BCUT2D eigenvalue weighted by molar-refractivity contribution is 0.342. The van der Waals surface area contributed by atoms with Crippen LogP contribution in [0.15, 0.2) is 71.9 Å². The van der Waals surface area contributed by atoms with Crippen molar-refractivity contribution in [3.63, 3.8) is 0 Å². The van der Waals surface area contributed by atoms with Crippen molar-refractivity contribution in [2.24, 2.45) is 5.73 Å². The number of aliphatic hydroxyl groups is 1. The lowest BCUT2D eigenvalue weighted by atomic mass is 10.1. The van der Waals surface area contributed by atoms with Crippen molar-refractivity contribution in [3.8, 4) is 0 Å². The fraction of sp³-hybridized carbons (Fsp3) is 0.188. The molecular formula is C16H18N2O3S. The molecule has 1 aromatic carbocycles. The molecule has 0 aliphatic rings. The van der Waals surface area contributed by atoms with Crippen LogP contribution in [0.3, 0.4) is 0 Å². The van der Waals surface area contributed by atoms with Gasteiger partial charge in [-0.15, -0.1) is 0 Å². The van der Waals surface area contributed by atoms with Gasteiger partial charge in [-0.25, -0.2) is 8.42 Å². The first kappa shape index (κ1) is 16.4. The third-order valence-corrected chi connectivity index (χ3v) is 5.38. The molecule has 0 fully saturated rings. The first-order valence-corrected chi connectivity index (χ1v) is 8.34. The second kappa shape index (κ2) is 7.31. The third kappa shape index (κ3) is 3.59. The maximum Gasteiger partial charge on any atom is 0.186 e. The van der Waals surface area contributed by atoms with Gasteiger partial charge in [0.05, 0.1) is 17.5 Å². The van der Waals surface area contributed by atoms with Crippen molar-refractivity contribution < 1.29 is 13.5 Å². The van der Waals surface area contributed by atoms with E-state index >= 15 is 0 Å². The molecule has 0 amide bonds. The minimum Gasteiger partial charge on any atom is -0.392 e. The van der Waals surface area contributed by atoms with Crippen LogP contribution in [0.25, 0.3) is 0 Å². The van der Waals surface area contributed by atoms with Crippen molar-refractivity contribution >= 4 is 9.84 Å². The number of rotatable bonds is 6. The summed E-state index contributed by atoms with van der Waals surface area (Å²) in [6.45, 7) is -0.249. The molecule has 1 aromatic heterocycles. The van der Waals surface area contributed by atoms with E-state index in [1.165, 1.54) is 24.3 Å². The normalized spacial score (nSPS) is 14.8. The first-order chi connectivity index (χ1) is 10.6. The van der Waals surface area contributed by atoms with Gasteiger partial charge in [-0.3, -0.25) is 4.98 Å². The highest BCUT2D eigenvalue weighted by atomic mass is 32.2. The van der Waals surface area contributed by atoms with Gasteiger partial charge in [0.25, 0.3) is 0 Å². The minimum atomic E-state index is -3.67. The van der Waals surface area contributed by atoms with Crippen molar-refractivity contribution in [2.45, 2.75) is 16.2 Å². The lowest BCUT2D eigenvalue weighted by Gasteiger charge is -2.21. The number of pyridine rings is 1. The van der Waals surface area contributed by atoms with Crippen molar-refractivity contribution in [1.29, 1.82) is 0 Å². The van der Waals surface area contributed by atoms with E-state index in [9.17, 15) is 8.42 Å². The summed E-state index contributed by atoms with van der Waals surface area (Å²) in [4.78, 5) is 4.17. The smallest absolute Gasteiger partial charge is 0.186 e. The standard InChI is InChI=1S/C16H18N2O3S/c17-16(13-6-4-10-18-12-13)15(9-5-11-19)22(20,21)14-7-2-1-3-8-14/h1-10,12,15-16,19H,11,17H2/b9-5-/t15-,16+/m0/s1. The van der Waals surface area contributed by atoms with Crippen LogP contribution in [0, 0.1) is 0 Å². The highest BCUT2D eigenvalue weighted by molar-refractivity contribution is 7.92. The van der Waals surface area contributed by atoms with Crippen LogP contribution in [0.1, 0.15) is 11.6 Å². The maximum atomic E-state index is 12.8. The number of nitrogens with zero attached hydrogens (tertiary/aromatic N) is 1. The van der Waals surface area contributed by atoms with Gasteiger partial charge in [-0.1, -0.05) is 36.4 Å². The van der Waals surface area contributed by atoms with E-state index in [2.05, 4.69) is 4.98 Å². The second-order valence-electron chi connectivity index (χ2n) is 4.75. The summed E-state index contributed by atoms with van der Waals surface area (Å²) in [7, 11) is -3.67. The summed E-state index contributed by atoms with van der Waals surface area (Å²) in [6, 6.07) is 10.8. The molecule has 0 saturated heterocycles. The average Bonchev–Trinajstić information content (AvgIpc) is 2.56. The Morgan fingerprint density at radius 3 is 2.50 bits per heavy atom. The molecule has 6 heteroatoms. The number of hydrogen-bond donors (Lipinski definition) is 2. The molecule has 2 aromatic rings. The number of hydrogen-bond acceptors (Lipinski definition) is 5. The second-order valence-corrected chi connectivity index (χ2v) is 6.85. The van der Waals surface area contributed by atoms with Crippen LogP contribution < -0.4 is 5.73 Å². The van der Waals surface area contributed by atoms with Crippen LogP contribution >= 0.6 is 0 Å². The van der Waals surface area contributed by atoms with Gasteiger partial charge in [-0.05, 0) is 23.8 Å². The number of aliphatic hydroxyl groups excluding tert-OH is 1. The highest BCUT2D eigenvalue weighted by Gasteiger charge is 2.31. The summed E-state index contributed by atoms with van der Waals surface area (Å²) < 4.78 is 25.6. The summed E-state index contributed by atoms with van der Waals surface area (Å²) in [6.07, 6.45) is 5.97. The van der Waals surface area contributed by atoms with E-state index in [1.807, 2.05) is 0 Å². The fourth-order valence-corrected chi connectivity index (χ4v) is 3.85. The number of aromatic nitrogens is 1. The molecule has 0 aliphatic carbocycles. The molecule has 2 rings (SSSR count). The Labute approximate surface area is 130 Å². The predicted octanol–water partition coefficient (Wildman–Crippen LogP) is 1.47. The van der Waals surface area contributed by atoms with E-state index in [4.69, 9.17) is 10.8 Å². The average molecular weight is 318 g/mol. The summed E-state index contributed by atoms with van der Waals surface area (Å²) in [5.74, 6) is 0. The van der Waals surface area contributed by atoms with Gasteiger partial charge in [0.15, 0.2) is 9.84 Å². The van der Waals surface area contributed by atoms with Crippen LogP contribution in [0.2, 0.25) is 0 Å². The largest absolute Gasteiger partial charge is 0.392 e. The molecule has 2 atom stereocenters. The van der Waals surface area contributed by atoms with Crippen LogP contribution in [0.4, 0.5) is 0 Å². The minimum absolute atomic E-state index is 0.196. The van der Waals surface area contributed by atoms with Gasteiger partial charge < -0.3 is 10.8 Å². The number of benzene rings is 1. The zero-order chi connectivity index (χ0) is 16.0. The van der Waals surface area contributed by atoms with E-state index in [0.29, 0.717) is 5.56 Å². The summed E-state index contributed by atoms with van der Waals surface area (Å²) >= 11 is 0. The Morgan fingerprint density at radius 1 is 1.18 bits per heavy atom. The lowest BCUT2D eigenvalue weighted by Crippen LogP contribution is -2.32. The van der Waals surface area contributed by atoms with Gasteiger partial charge in [0, 0.05) is 12.4 Å². The van der Waals surface area contributed by atoms with Gasteiger partial charge in [0.1, 0.15) is 5.25 Å². The molecule has 116 valence electrons. The molecule has 0 unspecified atom stereocenters. The molecule has 0 bridgehead atoms. The first-order valence-electron chi connectivity index (χ1n) is 6.79. The number of sulfone groups is 1. The Morgan fingerprint density at radius 2 is 1.91 bits per heavy atom. The molecule has 0 radical (unpaired) electrons. The predicted molar refractivity (Wildman–Crippen MR) is 84.8 cm³/mol. The monoisotopic (exact) mass is 318 g/mol. The van der Waals surface area contributed by atoms with Crippen LogP contribution in [-0.4, -0.2) is 30.4 Å². The Kier molecular flexibility index (Phi) is 5.43. The summed E-state index contributed by atoms with van der Waals surface area (Å²) in [5.41, 5.74) is 6.77. The SMILES string of the molecule is N[C@H](c1cccnc1)[C@H](/C=C\CO)S(=O)(=O)c1ccccc1. The van der Waals surface area contributed by atoms with Crippen molar-refractivity contribution in [2.75, 3.05) is 6.61 Å². The molecular weight excluding hydrogens is 300 g/mol. The maximum absolute atomic E-state index is 12.8. The fourth-order valence-electron chi connectivity index (χ4n) is 2.14. The molecule has 22 heavy (non-hydrogen) atoms. The van der Waals surface area contributed by atoms with E-state index in [1.54, 1.807) is 42.7 Å². The molecule has 0 aliphatic heterocycles. The van der Waals surface area contributed by atoms with Gasteiger partial charge >= 0.3 is 0 Å². The quantitative estimate of drug-likeness (QED) is 0.787. The van der Waals surface area contributed by atoms with E-state index < -0.39 is 21.1 Å². The van der Waals surface area contributed by atoms with E-state index in [0.717, 1.165) is 0 Å². The van der Waals surface area contributed by atoms with E-state index in [-0.39, 0.29) is 11.5 Å². The van der Waals surface area contributed by atoms with Crippen molar-refractivity contribution in [1.82, 2.24) is 4.98 Å². The number of nitrogens with two attached hydrogens (primary N) is 1. The molecule has 1 heterocycles. The van der Waals surface area contributed by atoms with Crippen LogP contribution in [-0.2, 0) is 9.84 Å². The Bertz CT molecular complexity index is 716. The third-order valence-electron chi connectivity index (χ3n) is 3.28. The zero-order valence-electron chi connectivity index (χ0n) is 11.9. The Balaban J connectivity index is 2.45. The molecule has 0 saturated carbocycles. The van der Waals surface area contributed by atoms with Crippen LogP contribution in [0.5, 0.6) is 0 Å². The topological polar surface area (TPSA) is 93.3 Å². The zero-order valence-corrected chi connectivity index (χ0v) is 12.7. The van der Waals surface area contributed by atoms with Crippen molar-refractivity contribution in [3.05, 3.63) is 72.6 Å². The molecule has 0 spiro atoms. The van der Waals surface area contributed by atoms with Gasteiger partial charge in [-0.2, -0.15) is 0 Å². The highest BCUT2D eigenvalue weighted by Crippen LogP contribution is 2.26. The van der Waals surface area contributed by atoms with Gasteiger partial charge in [0.2, 0.25) is 0 Å². The molecule has 3 N–H and O–H groups in total. The molecule has 5 nitrogen and oxygen atoms in total. The Hall–Kier alpha value is -2.02. The summed E-state index contributed by atoms with van der Waals surface area (Å²) in [5, 5.41) is 7.99.